The molecule has 29 heavy (non-hydrogen) atoms. The normalized spacial score (nSPS) is 25.3. The number of ketones is 1. The van der Waals surface area contributed by atoms with Gasteiger partial charge in [0.15, 0.2) is 11.5 Å². The number of hydrogen-bond donors (Lipinski definition) is 2. The summed E-state index contributed by atoms with van der Waals surface area (Å²) in [7, 11) is 0. The molecular formula is C20H16F3N2O3S+. The molecule has 5 nitrogen and oxygen atoms in total. The Morgan fingerprint density at radius 2 is 2.07 bits per heavy atom. The molecule has 0 amide bonds. The molecule has 3 unspecified atom stereocenters. The molecule has 0 saturated carbocycles. The number of fused-ring (bicyclic) bond motifs is 3. The van der Waals surface area contributed by atoms with Gasteiger partial charge in [0.2, 0.25) is 0 Å². The zero-order valence-corrected chi connectivity index (χ0v) is 16.2. The van der Waals surface area contributed by atoms with Crippen molar-refractivity contribution in [3.8, 4) is 11.8 Å². The number of rotatable bonds is 2. The monoisotopic (exact) mass is 421 g/mol. The number of alkyl halides is 3. The fourth-order valence-corrected chi connectivity index (χ4v) is 4.46. The number of allylic oxidation sites excluding steroid dienone is 3. The van der Waals surface area contributed by atoms with Crippen molar-refractivity contribution >= 4 is 17.2 Å². The van der Waals surface area contributed by atoms with E-state index in [1.54, 1.807) is 24.3 Å². The third kappa shape index (κ3) is 3.03. The molecule has 1 aromatic rings. The highest BCUT2D eigenvalue weighted by molar-refractivity contribution is 7.88. The van der Waals surface area contributed by atoms with Crippen molar-refractivity contribution in [2.24, 2.45) is 5.92 Å². The van der Waals surface area contributed by atoms with Crippen LogP contribution in [0.4, 0.5) is 13.2 Å². The molecule has 150 valence electrons. The third-order valence-electron chi connectivity index (χ3n) is 5.42. The molecule has 0 bridgehead atoms. The fraction of sp³-hybridized carbons (Fsp3) is 0.300. The summed E-state index contributed by atoms with van der Waals surface area (Å²) >= 11 is -3.27. The average Bonchev–Trinajstić information content (AvgIpc) is 3.05. The third-order valence-corrected chi connectivity index (χ3v) is 6.17. The number of nitrogens with zero attached hydrogens (tertiary/aromatic N) is 1. The summed E-state index contributed by atoms with van der Waals surface area (Å²) in [5, 5.41) is 12.5. The highest BCUT2D eigenvalue weighted by Gasteiger charge is 2.57. The molecule has 0 fully saturated rings. The Hall–Kier alpha value is -2.70. The van der Waals surface area contributed by atoms with Gasteiger partial charge in [-0.2, -0.15) is 5.26 Å². The van der Waals surface area contributed by atoms with Crippen LogP contribution in [0, 0.1) is 17.2 Å². The van der Waals surface area contributed by atoms with Crippen LogP contribution >= 0.6 is 0 Å². The van der Waals surface area contributed by atoms with Crippen LogP contribution in [0.15, 0.2) is 53.3 Å². The minimum atomic E-state index is -4.91. The van der Waals surface area contributed by atoms with E-state index in [0.29, 0.717) is 16.7 Å². The smallest absolute Gasteiger partial charge is 0.380 e. The molecular weight excluding hydrogens is 405 g/mol. The molecule has 0 spiro atoms. The maximum atomic E-state index is 13.3. The van der Waals surface area contributed by atoms with Crippen LogP contribution in [0.5, 0.6) is 5.75 Å². The second kappa shape index (κ2) is 6.40. The molecule has 1 aromatic carbocycles. The van der Waals surface area contributed by atoms with Gasteiger partial charge in [-0.3, -0.25) is 4.79 Å². The summed E-state index contributed by atoms with van der Waals surface area (Å²) in [5.74, 6) is -0.800. The second-order valence-corrected chi connectivity index (χ2v) is 8.65. The average molecular weight is 421 g/mol. The van der Waals surface area contributed by atoms with E-state index >= 15 is 0 Å². The van der Waals surface area contributed by atoms with Crippen molar-refractivity contribution in [1.29, 1.82) is 5.26 Å². The molecule has 3 atom stereocenters. The van der Waals surface area contributed by atoms with Gasteiger partial charge in [0, 0.05) is 33.7 Å². The number of carbonyl (C=O) groups excluding carboxylic acids is 1. The highest BCUT2D eigenvalue weighted by atomic mass is 32.2. The Morgan fingerprint density at radius 1 is 1.34 bits per heavy atom. The number of nitriles is 1. The summed E-state index contributed by atoms with van der Waals surface area (Å²) in [4.78, 5) is 13.3. The molecule has 3 aliphatic rings. The van der Waals surface area contributed by atoms with Gasteiger partial charge >= 0.3 is 17.0 Å². The largest absolute Gasteiger partial charge is 0.654 e. The van der Waals surface area contributed by atoms with Crippen LogP contribution < -0.4 is 9.50 Å². The van der Waals surface area contributed by atoms with E-state index in [2.05, 4.69) is 15.6 Å². The van der Waals surface area contributed by atoms with E-state index in [0.717, 1.165) is 5.70 Å². The zero-order chi connectivity index (χ0) is 21.1. The van der Waals surface area contributed by atoms with E-state index < -0.39 is 22.4 Å². The quantitative estimate of drug-likeness (QED) is 0.708. The highest BCUT2D eigenvalue weighted by Crippen LogP contribution is 2.48. The van der Waals surface area contributed by atoms with Crippen LogP contribution in [0.3, 0.4) is 0 Å². The lowest BCUT2D eigenvalue weighted by atomic mass is 9.70. The number of carbonyl (C=O) groups is 1. The molecule has 9 heteroatoms. The van der Waals surface area contributed by atoms with E-state index in [9.17, 15) is 22.5 Å². The van der Waals surface area contributed by atoms with Gasteiger partial charge in [-0.25, -0.2) is 4.18 Å². The summed E-state index contributed by atoms with van der Waals surface area (Å²) in [6.45, 7) is 3.84. The molecule has 4 rings (SSSR count). The topological polar surface area (TPSA) is 82.3 Å². The van der Waals surface area contributed by atoms with Crippen molar-refractivity contribution in [3.05, 3.63) is 64.4 Å². The number of halogens is 3. The summed E-state index contributed by atoms with van der Waals surface area (Å²) in [6.07, 6.45) is 5.23. The summed E-state index contributed by atoms with van der Waals surface area (Å²) in [5.41, 5.74) is -2.83. The van der Waals surface area contributed by atoms with E-state index in [1.807, 2.05) is 13.8 Å². The molecule has 0 radical (unpaired) electrons. The van der Waals surface area contributed by atoms with Gasteiger partial charge < -0.3 is 5.32 Å². The zero-order valence-electron chi connectivity index (χ0n) is 15.4. The van der Waals surface area contributed by atoms with E-state index in [1.165, 1.54) is 12.1 Å². The first-order chi connectivity index (χ1) is 13.5. The predicted octanol–water partition coefficient (Wildman–Crippen LogP) is 3.93. The SMILES string of the molecule is CC1(C)C2=C(C(=O)c3cc(O[S+](O)C(F)(F)F)ccc31)C1C=CC(C#N)=CC1N2. The minimum Gasteiger partial charge on any atom is -0.380 e. The van der Waals surface area contributed by atoms with Gasteiger partial charge in [-0.1, -0.05) is 26.0 Å². The van der Waals surface area contributed by atoms with E-state index in [4.69, 9.17) is 5.26 Å². The molecule has 0 aromatic heterocycles. The number of hydrogen-bond acceptors (Lipinski definition) is 5. The van der Waals surface area contributed by atoms with Crippen molar-refractivity contribution in [1.82, 2.24) is 5.32 Å². The van der Waals surface area contributed by atoms with E-state index in [-0.39, 0.29) is 29.1 Å². The Morgan fingerprint density at radius 3 is 2.72 bits per heavy atom. The standard InChI is InChI=1S/C20H15F3N2O3S/c1-19(2)14-6-4-11(28-29(27)20(21,22)23)8-13(14)17(26)16-12-5-3-10(9-24)7-15(12)25-18(16)19/h3-8,12,15,27H,1-2H3/p+1. The summed E-state index contributed by atoms with van der Waals surface area (Å²) in [6, 6.07) is 5.97. The van der Waals surface area contributed by atoms with Crippen LogP contribution in [0.2, 0.25) is 0 Å². The van der Waals surface area contributed by atoms with Crippen molar-refractivity contribution in [2.45, 2.75) is 30.8 Å². The van der Waals surface area contributed by atoms with Crippen molar-refractivity contribution in [2.75, 3.05) is 0 Å². The Labute approximate surface area is 167 Å². The lowest BCUT2D eigenvalue weighted by molar-refractivity contribution is -0.0492. The fourth-order valence-electron chi connectivity index (χ4n) is 4.08. The second-order valence-electron chi connectivity index (χ2n) is 7.52. The lowest BCUT2D eigenvalue weighted by Crippen LogP contribution is -2.36. The summed E-state index contributed by atoms with van der Waals surface area (Å²) < 4.78 is 51.7. The van der Waals surface area contributed by atoms with Crippen LogP contribution in [-0.2, 0) is 16.9 Å². The minimum absolute atomic E-state index is 0.228. The van der Waals surface area contributed by atoms with Gasteiger partial charge in [0.05, 0.1) is 12.1 Å². The Balaban J connectivity index is 1.74. The molecule has 2 aliphatic carbocycles. The van der Waals surface area contributed by atoms with Gasteiger partial charge in [-0.05, 0) is 29.8 Å². The molecule has 1 aliphatic heterocycles. The molecule has 2 N–H and O–H groups in total. The van der Waals surface area contributed by atoms with Crippen LogP contribution in [-0.4, -0.2) is 21.9 Å². The van der Waals surface area contributed by atoms with Gasteiger partial charge in [0.25, 0.3) is 0 Å². The Kier molecular flexibility index (Phi) is 4.33. The van der Waals surface area contributed by atoms with Crippen LogP contribution in [0.1, 0.15) is 29.8 Å². The first-order valence-electron chi connectivity index (χ1n) is 8.73. The van der Waals surface area contributed by atoms with Gasteiger partial charge in [-0.15, -0.1) is 17.7 Å². The Bertz CT molecular complexity index is 1050. The van der Waals surface area contributed by atoms with Crippen molar-refractivity contribution < 1.29 is 26.7 Å². The maximum Gasteiger partial charge on any atom is 0.654 e. The first-order valence-corrected chi connectivity index (χ1v) is 9.83. The predicted molar refractivity (Wildman–Crippen MR) is 101 cm³/mol. The molecule has 1 heterocycles. The molecule has 0 saturated heterocycles. The van der Waals surface area contributed by atoms with Crippen molar-refractivity contribution in [3.63, 3.8) is 0 Å². The number of benzene rings is 1. The lowest BCUT2D eigenvalue weighted by Gasteiger charge is -2.34. The number of Topliss-reactive ketones (excluding diaryl/α,β-unsaturated/α-hetero) is 1. The maximum absolute atomic E-state index is 13.3. The first kappa shape index (κ1) is 19.6. The van der Waals surface area contributed by atoms with Gasteiger partial charge in [0.1, 0.15) is 0 Å². The van der Waals surface area contributed by atoms with Crippen LogP contribution in [0.25, 0.3) is 0 Å². The number of nitrogens with one attached hydrogen (secondary N) is 1.